The molecular weight excluding hydrogens is 244 g/mol. The molecule has 1 fully saturated rings. The molecule has 1 saturated heterocycles. The van der Waals surface area contributed by atoms with E-state index in [4.69, 9.17) is 9.47 Å². The Labute approximate surface area is 112 Å². The number of amides is 1. The van der Waals surface area contributed by atoms with E-state index >= 15 is 0 Å². The van der Waals surface area contributed by atoms with Gasteiger partial charge in [-0.05, 0) is 19.1 Å². The Morgan fingerprint density at radius 1 is 1.21 bits per heavy atom. The minimum atomic E-state index is -0.548. The predicted octanol–water partition coefficient (Wildman–Crippen LogP) is 0.647. The number of fused-ring (bicyclic) bond motifs is 1. The van der Waals surface area contributed by atoms with E-state index in [1.807, 2.05) is 36.1 Å². The number of rotatable bonds is 1. The third-order valence-corrected chi connectivity index (χ3v) is 3.51. The summed E-state index contributed by atoms with van der Waals surface area (Å²) in [6.45, 7) is 5.01. The fourth-order valence-electron chi connectivity index (χ4n) is 2.46. The lowest BCUT2D eigenvalue weighted by molar-refractivity contribution is -0.144. The molecule has 0 radical (unpaired) electrons. The van der Waals surface area contributed by atoms with Gasteiger partial charge in [0.2, 0.25) is 6.10 Å². The normalized spacial score (nSPS) is 26.1. The van der Waals surface area contributed by atoms with Gasteiger partial charge in [0.25, 0.3) is 5.91 Å². The molecule has 2 unspecified atom stereocenters. The first-order valence-corrected chi connectivity index (χ1v) is 6.67. The smallest absolute Gasteiger partial charge is 0.267 e. The second-order valence-electron chi connectivity index (χ2n) is 4.88. The number of piperazine rings is 1. The highest BCUT2D eigenvalue weighted by Gasteiger charge is 2.36. The van der Waals surface area contributed by atoms with Crippen molar-refractivity contribution in [2.75, 3.05) is 26.2 Å². The number of carbonyl (C=O) groups is 1. The molecule has 2 aliphatic rings. The fraction of sp³-hybridized carbons (Fsp3) is 0.500. The second kappa shape index (κ2) is 5.09. The van der Waals surface area contributed by atoms with Crippen LogP contribution in [0.15, 0.2) is 24.3 Å². The van der Waals surface area contributed by atoms with Crippen LogP contribution in [0, 0.1) is 0 Å². The number of carbonyl (C=O) groups excluding carboxylic acids is 1. The monoisotopic (exact) mass is 262 g/mol. The number of benzene rings is 1. The first kappa shape index (κ1) is 12.3. The van der Waals surface area contributed by atoms with Gasteiger partial charge >= 0.3 is 0 Å². The molecule has 0 aliphatic carbocycles. The number of hydrogen-bond acceptors (Lipinski definition) is 4. The molecule has 0 bridgehead atoms. The van der Waals surface area contributed by atoms with Gasteiger partial charge in [-0.1, -0.05) is 12.1 Å². The molecule has 3 rings (SSSR count). The fourth-order valence-corrected chi connectivity index (χ4v) is 2.46. The minimum Gasteiger partial charge on any atom is -0.482 e. The van der Waals surface area contributed by atoms with Crippen molar-refractivity contribution in [2.45, 2.75) is 19.1 Å². The summed E-state index contributed by atoms with van der Waals surface area (Å²) < 4.78 is 11.6. The van der Waals surface area contributed by atoms with Gasteiger partial charge in [-0.3, -0.25) is 4.79 Å². The van der Waals surface area contributed by atoms with E-state index in [0.717, 1.165) is 26.2 Å². The molecule has 2 atom stereocenters. The largest absolute Gasteiger partial charge is 0.482 e. The number of hydrogen-bond donors (Lipinski definition) is 1. The summed E-state index contributed by atoms with van der Waals surface area (Å²) in [7, 11) is 0. The quantitative estimate of drug-likeness (QED) is 0.807. The van der Waals surface area contributed by atoms with Crippen LogP contribution in [-0.4, -0.2) is 49.2 Å². The Morgan fingerprint density at radius 2 is 1.84 bits per heavy atom. The standard InChI is InChI=1S/C14H18N2O3/c1-10-13(14(17)16-8-6-15-7-9-16)19-12-5-3-2-4-11(12)18-10/h2-5,10,13,15H,6-9H2,1H3. The van der Waals surface area contributed by atoms with Crippen LogP contribution in [0.3, 0.4) is 0 Å². The first-order chi connectivity index (χ1) is 9.25. The average molecular weight is 262 g/mol. The van der Waals surface area contributed by atoms with E-state index in [1.54, 1.807) is 0 Å². The number of para-hydroxylation sites is 2. The molecule has 1 N–H and O–H groups in total. The molecular formula is C14H18N2O3. The van der Waals surface area contributed by atoms with E-state index in [-0.39, 0.29) is 12.0 Å². The van der Waals surface area contributed by atoms with Gasteiger partial charge in [0.15, 0.2) is 11.5 Å². The molecule has 0 saturated carbocycles. The highest BCUT2D eigenvalue weighted by molar-refractivity contribution is 5.82. The maximum absolute atomic E-state index is 12.5. The lowest BCUT2D eigenvalue weighted by Crippen LogP contribution is -2.55. The Hall–Kier alpha value is -1.75. The van der Waals surface area contributed by atoms with Crippen molar-refractivity contribution < 1.29 is 14.3 Å². The Balaban J connectivity index is 1.76. The van der Waals surface area contributed by atoms with Crippen molar-refractivity contribution >= 4 is 5.91 Å². The van der Waals surface area contributed by atoms with Gasteiger partial charge in [-0.25, -0.2) is 0 Å². The SMILES string of the molecule is CC1Oc2ccccc2OC1C(=O)N1CCNCC1. The number of nitrogens with zero attached hydrogens (tertiary/aromatic N) is 1. The molecule has 1 amide bonds. The highest BCUT2D eigenvalue weighted by atomic mass is 16.6. The maximum Gasteiger partial charge on any atom is 0.267 e. The lowest BCUT2D eigenvalue weighted by Gasteiger charge is -2.36. The van der Waals surface area contributed by atoms with E-state index in [9.17, 15) is 4.79 Å². The molecule has 2 aliphatic heterocycles. The van der Waals surface area contributed by atoms with Crippen LogP contribution in [0.5, 0.6) is 11.5 Å². The summed E-state index contributed by atoms with van der Waals surface area (Å²) in [5, 5.41) is 3.23. The molecule has 5 heteroatoms. The summed E-state index contributed by atoms with van der Waals surface area (Å²) in [4.78, 5) is 14.3. The summed E-state index contributed by atoms with van der Waals surface area (Å²) in [5.41, 5.74) is 0. The van der Waals surface area contributed by atoms with Crippen LogP contribution in [0.2, 0.25) is 0 Å². The Kier molecular flexibility index (Phi) is 3.29. The van der Waals surface area contributed by atoms with Crippen LogP contribution in [0.4, 0.5) is 0 Å². The van der Waals surface area contributed by atoms with E-state index in [0.29, 0.717) is 11.5 Å². The molecule has 1 aromatic rings. The van der Waals surface area contributed by atoms with Gasteiger partial charge in [0.1, 0.15) is 6.10 Å². The Bertz CT molecular complexity index is 472. The number of nitrogens with one attached hydrogen (secondary N) is 1. The van der Waals surface area contributed by atoms with Crippen LogP contribution in [0.25, 0.3) is 0 Å². The van der Waals surface area contributed by atoms with Crippen molar-refractivity contribution in [3.63, 3.8) is 0 Å². The average Bonchev–Trinajstić information content (AvgIpc) is 2.47. The lowest BCUT2D eigenvalue weighted by atomic mass is 10.1. The van der Waals surface area contributed by atoms with Gasteiger partial charge in [0.05, 0.1) is 0 Å². The third kappa shape index (κ3) is 2.38. The molecule has 2 heterocycles. The van der Waals surface area contributed by atoms with Gasteiger partial charge < -0.3 is 19.7 Å². The van der Waals surface area contributed by atoms with E-state index in [1.165, 1.54) is 0 Å². The zero-order valence-corrected chi connectivity index (χ0v) is 11.0. The van der Waals surface area contributed by atoms with Crippen LogP contribution in [0.1, 0.15) is 6.92 Å². The summed E-state index contributed by atoms with van der Waals surface area (Å²) >= 11 is 0. The van der Waals surface area contributed by atoms with Crippen molar-refractivity contribution in [3.05, 3.63) is 24.3 Å². The van der Waals surface area contributed by atoms with E-state index < -0.39 is 6.10 Å². The Morgan fingerprint density at radius 3 is 2.53 bits per heavy atom. The first-order valence-electron chi connectivity index (χ1n) is 6.67. The molecule has 5 nitrogen and oxygen atoms in total. The third-order valence-electron chi connectivity index (χ3n) is 3.51. The summed E-state index contributed by atoms with van der Waals surface area (Å²) in [6.07, 6.45) is -0.815. The van der Waals surface area contributed by atoms with Crippen LogP contribution < -0.4 is 14.8 Å². The van der Waals surface area contributed by atoms with Crippen LogP contribution >= 0.6 is 0 Å². The van der Waals surface area contributed by atoms with Crippen LogP contribution in [-0.2, 0) is 4.79 Å². The molecule has 102 valence electrons. The molecule has 0 aromatic heterocycles. The topological polar surface area (TPSA) is 50.8 Å². The molecule has 19 heavy (non-hydrogen) atoms. The number of ether oxygens (including phenoxy) is 2. The van der Waals surface area contributed by atoms with E-state index in [2.05, 4.69) is 5.32 Å². The second-order valence-corrected chi connectivity index (χ2v) is 4.88. The molecule has 1 aromatic carbocycles. The summed E-state index contributed by atoms with van der Waals surface area (Å²) in [6, 6.07) is 7.47. The van der Waals surface area contributed by atoms with Crippen molar-refractivity contribution in [1.82, 2.24) is 10.2 Å². The predicted molar refractivity (Wildman–Crippen MR) is 70.4 cm³/mol. The highest BCUT2D eigenvalue weighted by Crippen LogP contribution is 2.33. The zero-order chi connectivity index (χ0) is 13.2. The zero-order valence-electron chi connectivity index (χ0n) is 11.0. The summed E-state index contributed by atoms with van der Waals surface area (Å²) in [5.74, 6) is 1.37. The van der Waals surface area contributed by atoms with Gasteiger partial charge in [-0.15, -0.1) is 0 Å². The van der Waals surface area contributed by atoms with Gasteiger partial charge in [-0.2, -0.15) is 0 Å². The van der Waals surface area contributed by atoms with Crippen molar-refractivity contribution in [1.29, 1.82) is 0 Å². The minimum absolute atomic E-state index is 0.0171. The molecule has 0 spiro atoms. The van der Waals surface area contributed by atoms with Crippen molar-refractivity contribution in [2.24, 2.45) is 0 Å². The van der Waals surface area contributed by atoms with Gasteiger partial charge in [0, 0.05) is 26.2 Å². The van der Waals surface area contributed by atoms with Crippen molar-refractivity contribution in [3.8, 4) is 11.5 Å². The maximum atomic E-state index is 12.5.